The molecule has 0 bridgehead atoms. The number of halogens is 1. The van der Waals surface area contributed by atoms with Crippen LogP contribution in [0.1, 0.15) is 25.7 Å². The summed E-state index contributed by atoms with van der Waals surface area (Å²) in [4.78, 5) is 0. The van der Waals surface area contributed by atoms with Crippen LogP contribution in [0.15, 0.2) is 18.2 Å². The first-order valence-electron chi connectivity index (χ1n) is 6.05. The van der Waals surface area contributed by atoms with Crippen LogP contribution in [-0.2, 0) is 4.74 Å². The monoisotopic (exact) mass is 255 g/mol. The van der Waals surface area contributed by atoms with Gasteiger partial charge >= 0.3 is 0 Å². The van der Waals surface area contributed by atoms with E-state index in [0.717, 1.165) is 19.4 Å². The number of nitrogens with two attached hydrogens (primary N) is 1. The largest absolute Gasteiger partial charge is 0.491 e. The lowest BCUT2D eigenvalue weighted by Crippen LogP contribution is -2.08. The van der Waals surface area contributed by atoms with Crippen LogP contribution in [0.25, 0.3) is 0 Å². The van der Waals surface area contributed by atoms with Crippen molar-refractivity contribution in [2.75, 3.05) is 18.9 Å². The van der Waals surface area contributed by atoms with E-state index in [9.17, 15) is 0 Å². The van der Waals surface area contributed by atoms with Crippen LogP contribution in [0.4, 0.5) is 5.69 Å². The van der Waals surface area contributed by atoms with Gasteiger partial charge in [0.25, 0.3) is 0 Å². The fraction of sp³-hybridized carbons (Fsp3) is 0.538. The van der Waals surface area contributed by atoms with Gasteiger partial charge in [-0.2, -0.15) is 0 Å². The molecule has 3 nitrogen and oxygen atoms in total. The van der Waals surface area contributed by atoms with E-state index in [1.807, 2.05) is 6.07 Å². The van der Waals surface area contributed by atoms with Crippen LogP contribution < -0.4 is 10.5 Å². The molecule has 1 aromatic carbocycles. The molecule has 1 heterocycles. The molecule has 0 radical (unpaired) electrons. The molecular weight excluding hydrogens is 238 g/mol. The first-order chi connectivity index (χ1) is 8.25. The Labute approximate surface area is 107 Å². The molecule has 2 N–H and O–H groups in total. The predicted molar refractivity (Wildman–Crippen MR) is 69.6 cm³/mol. The van der Waals surface area contributed by atoms with Crippen molar-refractivity contribution < 1.29 is 9.47 Å². The van der Waals surface area contributed by atoms with Gasteiger partial charge in [0, 0.05) is 11.6 Å². The van der Waals surface area contributed by atoms with E-state index >= 15 is 0 Å². The number of rotatable bonds is 5. The second kappa shape index (κ2) is 6.12. The molecule has 1 aliphatic rings. The minimum absolute atomic E-state index is 0.432. The highest BCUT2D eigenvalue weighted by molar-refractivity contribution is 6.30. The number of ether oxygens (including phenoxy) is 2. The van der Waals surface area contributed by atoms with Crippen LogP contribution in [0.2, 0.25) is 5.02 Å². The fourth-order valence-corrected chi connectivity index (χ4v) is 2.20. The average molecular weight is 256 g/mol. The summed E-state index contributed by atoms with van der Waals surface area (Å²) in [6.07, 6.45) is 4.86. The summed E-state index contributed by atoms with van der Waals surface area (Å²) < 4.78 is 11.2. The third-order valence-electron chi connectivity index (χ3n) is 2.92. The molecule has 1 aliphatic heterocycles. The van der Waals surface area contributed by atoms with Crippen LogP contribution in [0.3, 0.4) is 0 Å². The van der Waals surface area contributed by atoms with Crippen molar-refractivity contribution in [3.63, 3.8) is 0 Å². The van der Waals surface area contributed by atoms with Crippen LogP contribution in [-0.4, -0.2) is 19.3 Å². The standard InChI is InChI=1S/C13H18ClNO2/c14-10-5-6-13(12(15)9-10)17-8-2-4-11-3-1-7-16-11/h5-6,9,11H,1-4,7-8,15H2. The molecule has 0 aromatic heterocycles. The summed E-state index contributed by atoms with van der Waals surface area (Å²) in [6, 6.07) is 5.30. The Balaban J connectivity index is 1.70. The van der Waals surface area contributed by atoms with Crippen molar-refractivity contribution in [2.45, 2.75) is 31.8 Å². The van der Waals surface area contributed by atoms with Gasteiger partial charge in [0.2, 0.25) is 0 Å². The van der Waals surface area contributed by atoms with Crippen molar-refractivity contribution in [2.24, 2.45) is 0 Å². The Bertz CT molecular complexity index is 364. The van der Waals surface area contributed by atoms with E-state index in [0.29, 0.717) is 29.2 Å². The zero-order valence-corrected chi connectivity index (χ0v) is 10.6. The van der Waals surface area contributed by atoms with Crippen LogP contribution >= 0.6 is 11.6 Å². The summed E-state index contributed by atoms with van der Waals surface area (Å²) in [5.41, 5.74) is 6.38. The van der Waals surface area contributed by atoms with Gasteiger partial charge < -0.3 is 15.2 Å². The average Bonchev–Trinajstić information content (AvgIpc) is 2.79. The molecular formula is C13H18ClNO2. The zero-order valence-electron chi connectivity index (χ0n) is 9.82. The van der Waals surface area contributed by atoms with Gasteiger partial charge in [0.15, 0.2) is 0 Å². The second-order valence-corrected chi connectivity index (χ2v) is 4.74. The Morgan fingerprint density at radius 3 is 3.06 bits per heavy atom. The molecule has 0 amide bonds. The van der Waals surface area contributed by atoms with Crippen molar-refractivity contribution in [1.29, 1.82) is 0 Å². The van der Waals surface area contributed by atoms with Gasteiger partial charge in [0.05, 0.1) is 18.4 Å². The van der Waals surface area contributed by atoms with Gasteiger partial charge in [-0.3, -0.25) is 0 Å². The second-order valence-electron chi connectivity index (χ2n) is 4.31. The molecule has 4 heteroatoms. The van der Waals surface area contributed by atoms with E-state index < -0.39 is 0 Å². The quantitative estimate of drug-likeness (QED) is 0.649. The molecule has 2 rings (SSSR count). The lowest BCUT2D eigenvalue weighted by Gasteiger charge is -2.11. The van der Waals surface area contributed by atoms with E-state index in [1.54, 1.807) is 12.1 Å². The molecule has 0 saturated carbocycles. The van der Waals surface area contributed by atoms with Crippen LogP contribution in [0, 0.1) is 0 Å². The third kappa shape index (κ3) is 3.79. The summed E-state index contributed by atoms with van der Waals surface area (Å²) in [6.45, 7) is 1.58. The number of hydrogen-bond acceptors (Lipinski definition) is 3. The number of hydrogen-bond donors (Lipinski definition) is 1. The Hall–Kier alpha value is -0.930. The lowest BCUT2D eigenvalue weighted by molar-refractivity contribution is 0.0982. The molecule has 1 unspecified atom stereocenters. The molecule has 1 fully saturated rings. The van der Waals surface area contributed by atoms with Gasteiger partial charge in [-0.25, -0.2) is 0 Å². The first-order valence-corrected chi connectivity index (χ1v) is 6.43. The maximum Gasteiger partial charge on any atom is 0.142 e. The van der Waals surface area contributed by atoms with Crippen molar-refractivity contribution in [3.8, 4) is 5.75 Å². The Kier molecular flexibility index (Phi) is 4.51. The molecule has 1 saturated heterocycles. The lowest BCUT2D eigenvalue weighted by atomic mass is 10.1. The van der Waals surface area contributed by atoms with Crippen molar-refractivity contribution in [3.05, 3.63) is 23.2 Å². The van der Waals surface area contributed by atoms with E-state index in [2.05, 4.69) is 0 Å². The number of anilines is 1. The normalized spacial score (nSPS) is 19.5. The van der Waals surface area contributed by atoms with Gasteiger partial charge in [-0.15, -0.1) is 0 Å². The van der Waals surface area contributed by atoms with E-state index in [-0.39, 0.29) is 0 Å². The predicted octanol–water partition coefficient (Wildman–Crippen LogP) is 3.26. The summed E-state index contributed by atoms with van der Waals surface area (Å²) in [7, 11) is 0. The minimum atomic E-state index is 0.432. The summed E-state index contributed by atoms with van der Waals surface area (Å²) >= 11 is 5.81. The molecule has 17 heavy (non-hydrogen) atoms. The third-order valence-corrected chi connectivity index (χ3v) is 3.16. The maximum absolute atomic E-state index is 5.81. The smallest absolute Gasteiger partial charge is 0.142 e. The Morgan fingerprint density at radius 1 is 1.47 bits per heavy atom. The van der Waals surface area contributed by atoms with Crippen molar-refractivity contribution >= 4 is 17.3 Å². The molecule has 0 aliphatic carbocycles. The number of nitrogen functional groups attached to an aromatic ring is 1. The highest BCUT2D eigenvalue weighted by Gasteiger charge is 2.14. The van der Waals surface area contributed by atoms with E-state index in [1.165, 1.54) is 12.8 Å². The minimum Gasteiger partial charge on any atom is -0.491 e. The SMILES string of the molecule is Nc1cc(Cl)ccc1OCCCC1CCCO1. The summed E-state index contributed by atoms with van der Waals surface area (Å²) in [5.74, 6) is 0.710. The highest BCUT2D eigenvalue weighted by Crippen LogP contribution is 2.25. The number of benzene rings is 1. The first kappa shape index (κ1) is 12.5. The van der Waals surface area contributed by atoms with Crippen LogP contribution in [0.5, 0.6) is 5.75 Å². The van der Waals surface area contributed by atoms with Crippen molar-refractivity contribution in [1.82, 2.24) is 0 Å². The maximum atomic E-state index is 5.81. The van der Waals surface area contributed by atoms with Gasteiger partial charge in [-0.05, 0) is 43.9 Å². The molecule has 94 valence electrons. The van der Waals surface area contributed by atoms with E-state index in [4.69, 9.17) is 26.8 Å². The highest BCUT2D eigenvalue weighted by atomic mass is 35.5. The summed E-state index contributed by atoms with van der Waals surface area (Å²) in [5, 5.41) is 0.634. The molecule has 0 spiro atoms. The molecule has 1 atom stereocenters. The molecule has 1 aromatic rings. The zero-order chi connectivity index (χ0) is 12.1. The fourth-order valence-electron chi connectivity index (χ4n) is 2.02. The van der Waals surface area contributed by atoms with Gasteiger partial charge in [-0.1, -0.05) is 11.6 Å². The topological polar surface area (TPSA) is 44.5 Å². The van der Waals surface area contributed by atoms with Gasteiger partial charge in [0.1, 0.15) is 5.75 Å². The Morgan fingerprint density at radius 2 is 2.35 bits per heavy atom.